The number of hydrogen-bond donors (Lipinski definition) is 1. The Hall–Kier alpha value is -2.06. The van der Waals surface area contributed by atoms with Crippen LogP contribution < -0.4 is 10.2 Å². The highest BCUT2D eigenvalue weighted by Crippen LogP contribution is 2.47. The number of carbonyl (C=O) groups excluding carboxylic acids is 1. The molecular formula is C20H27N5O2S. The zero-order valence-electron chi connectivity index (χ0n) is 16.3. The van der Waals surface area contributed by atoms with Crippen LogP contribution in [-0.4, -0.2) is 59.3 Å². The molecule has 1 amide bonds. The SMILES string of the molecule is CCn1c(SCC(=O)NCC2(c3ccccc3)CC2)nnc1N1CCOCC1. The zero-order chi connectivity index (χ0) is 19.4. The first-order valence-electron chi connectivity index (χ1n) is 9.93. The molecule has 1 aliphatic heterocycles. The quantitative estimate of drug-likeness (QED) is 0.683. The molecule has 0 spiro atoms. The number of benzene rings is 1. The predicted molar refractivity (Wildman–Crippen MR) is 110 cm³/mol. The third-order valence-corrected chi connectivity index (χ3v) is 6.47. The molecule has 1 aliphatic carbocycles. The smallest absolute Gasteiger partial charge is 0.230 e. The Morgan fingerprint density at radius 1 is 1.21 bits per heavy atom. The third kappa shape index (κ3) is 4.17. The molecule has 4 rings (SSSR count). The molecule has 0 radical (unpaired) electrons. The van der Waals surface area contributed by atoms with E-state index in [4.69, 9.17) is 4.74 Å². The van der Waals surface area contributed by atoms with Crippen molar-refractivity contribution in [2.75, 3.05) is 43.5 Å². The maximum absolute atomic E-state index is 12.4. The van der Waals surface area contributed by atoms with Crippen molar-refractivity contribution < 1.29 is 9.53 Å². The van der Waals surface area contributed by atoms with E-state index in [0.717, 1.165) is 43.6 Å². The first kappa shape index (κ1) is 19.3. The number of amides is 1. The Balaban J connectivity index is 1.31. The first-order chi connectivity index (χ1) is 13.7. The number of rotatable bonds is 8. The number of morpholine rings is 1. The molecular weight excluding hydrogens is 374 g/mol. The second-order valence-corrected chi connectivity index (χ2v) is 8.28. The lowest BCUT2D eigenvalue weighted by atomic mass is 9.96. The Labute approximate surface area is 169 Å². The summed E-state index contributed by atoms with van der Waals surface area (Å²) in [6.07, 6.45) is 2.27. The van der Waals surface area contributed by atoms with Crippen molar-refractivity contribution in [1.82, 2.24) is 20.1 Å². The molecule has 1 aromatic heterocycles. The van der Waals surface area contributed by atoms with Crippen LogP contribution in [0.1, 0.15) is 25.3 Å². The topological polar surface area (TPSA) is 72.3 Å². The lowest BCUT2D eigenvalue weighted by molar-refractivity contribution is -0.118. The van der Waals surface area contributed by atoms with Gasteiger partial charge in [-0.05, 0) is 25.3 Å². The number of nitrogens with zero attached hydrogens (tertiary/aromatic N) is 4. The van der Waals surface area contributed by atoms with E-state index in [2.05, 4.69) is 56.2 Å². The van der Waals surface area contributed by atoms with E-state index < -0.39 is 0 Å². The molecule has 0 atom stereocenters. The summed E-state index contributed by atoms with van der Waals surface area (Å²) >= 11 is 1.45. The fourth-order valence-corrected chi connectivity index (χ4v) is 4.45. The van der Waals surface area contributed by atoms with E-state index in [1.807, 2.05) is 6.07 Å². The number of hydrogen-bond acceptors (Lipinski definition) is 6. The summed E-state index contributed by atoms with van der Waals surface area (Å²) in [5.41, 5.74) is 1.46. The molecule has 2 fully saturated rings. The van der Waals surface area contributed by atoms with Gasteiger partial charge in [-0.25, -0.2) is 0 Å². The van der Waals surface area contributed by atoms with Crippen LogP contribution >= 0.6 is 11.8 Å². The van der Waals surface area contributed by atoms with Crippen LogP contribution in [0.2, 0.25) is 0 Å². The largest absolute Gasteiger partial charge is 0.378 e. The summed E-state index contributed by atoms with van der Waals surface area (Å²) in [6, 6.07) is 10.5. The van der Waals surface area contributed by atoms with Crippen molar-refractivity contribution in [3.05, 3.63) is 35.9 Å². The Morgan fingerprint density at radius 3 is 2.64 bits per heavy atom. The second-order valence-electron chi connectivity index (χ2n) is 7.34. The molecule has 1 aromatic carbocycles. The maximum Gasteiger partial charge on any atom is 0.230 e. The van der Waals surface area contributed by atoms with Gasteiger partial charge in [-0.2, -0.15) is 0 Å². The average molecular weight is 402 g/mol. The number of aromatic nitrogens is 3. The number of carbonyl (C=O) groups is 1. The van der Waals surface area contributed by atoms with E-state index in [1.54, 1.807) is 0 Å². The van der Waals surface area contributed by atoms with Crippen molar-refractivity contribution in [2.24, 2.45) is 0 Å². The van der Waals surface area contributed by atoms with Gasteiger partial charge in [0.15, 0.2) is 5.16 Å². The van der Waals surface area contributed by atoms with Gasteiger partial charge in [0.25, 0.3) is 0 Å². The van der Waals surface area contributed by atoms with Crippen molar-refractivity contribution >= 4 is 23.6 Å². The van der Waals surface area contributed by atoms with E-state index in [9.17, 15) is 4.79 Å². The van der Waals surface area contributed by atoms with Crippen molar-refractivity contribution in [3.8, 4) is 0 Å². The van der Waals surface area contributed by atoms with E-state index in [-0.39, 0.29) is 11.3 Å². The van der Waals surface area contributed by atoms with Crippen LogP contribution in [0, 0.1) is 0 Å². The molecule has 7 nitrogen and oxygen atoms in total. The van der Waals surface area contributed by atoms with Gasteiger partial charge in [0.05, 0.1) is 19.0 Å². The van der Waals surface area contributed by atoms with Gasteiger partial charge < -0.3 is 15.0 Å². The van der Waals surface area contributed by atoms with Gasteiger partial charge in [0.1, 0.15) is 0 Å². The number of ether oxygens (including phenoxy) is 1. The van der Waals surface area contributed by atoms with Gasteiger partial charge >= 0.3 is 0 Å². The maximum atomic E-state index is 12.4. The molecule has 2 aromatic rings. The Kier molecular flexibility index (Phi) is 5.87. The van der Waals surface area contributed by atoms with Gasteiger partial charge in [0, 0.05) is 31.6 Å². The summed E-state index contributed by atoms with van der Waals surface area (Å²) in [4.78, 5) is 14.6. The van der Waals surface area contributed by atoms with Gasteiger partial charge in [-0.3, -0.25) is 9.36 Å². The highest BCUT2D eigenvalue weighted by atomic mass is 32.2. The average Bonchev–Trinajstić information content (AvgIpc) is 3.44. The monoisotopic (exact) mass is 401 g/mol. The number of anilines is 1. The van der Waals surface area contributed by atoms with Crippen LogP contribution in [0.3, 0.4) is 0 Å². The van der Waals surface area contributed by atoms with Crippen LogP contribution in [0.4, 0.5) is 5.95 Å². The summed E-state index contributed by atoms with van der Waals surface area (Å²) in [6.45, 7) is 6.63. The third-order valence-electron chi connectivity index (χ3n) is 5.50. The highest BCUT2D eigenvalue weighted by Gasteiger charge is 2.44. The normalized spacial score (nSPS) is 18.1. The van der Waals surface area contributed by atoms with E-state index in [0.29, 0.717) is 25.5 Å². The molecule has 8 heteroatoms. The fourth-order valence-electron chi connectivity index (χ4n) is 3.62. The molecule has 1 saturated heterocycles. The van der Waals surface area contributed by atoms with Gasteiger partial charge in [-0.1, -0.05) is 42.1 Å². The molecule has 0 bridgehead atoms. The second kappa shape index (κ2) is 8.53. The van der Waals surface area contributed by atoms with E-state index in [1.165, 1.54) is 17.3 Å². The minimum absolute atomic E-state index is 0.0470. The molecule has 28 heavy (non-hydrogen) atoms. The Morgan fingerprint density at radius 2 is 1.96 bits per heavy atom. The number of thioether (sulfide) groups is 1. The highest BCUT2D eigenvalue weighted by molar-refractivity contribution is 7.99. The lowest BCUT2D eigenvalue weighted by Gasteiger charge is -2.27. The first-order valence-corrected chi connectivity index (χ1v) is 10.9. The predicted octanol–water partition coefficient (Wildman–Crippen LogP) is 2.07. The minimum atomic E-state index is 0.0470. The van der Waals surface area contributed by atoms with Crippen molar-refractivity contribution in [1.29, 1.82) is 0 Å². The van der Waals surface area contributed by atoms with Crippen LogP contribution in [0.15, 0.2) is 35.5 Å². The van der Waals surface area contributed by atoms with Crippen LogP contribution in [0.5, 0.6) is 0 Å². The summed E-state index contributed by atoms with van der Waals surface area (Å²) in [5.74, 6) is 1.27. The van der Waals surface area contributed by atoms with Gasteiger partial charge in [-0.15, -0.1) is 10.2 Å². The Bertz CT molecular complexity index is 800. The standard InChI is InChI=1S/C20H27N5O2S/c1-2-25-18(24-10-12-27-13-11-24)22-23-19(25)28-14-17(26)21-15-20(8-9-20)16-6-4-3-5-7-16/h3-7H,2,8-15H2,1H3,(H,21,26). The van der Waals surface area contributed by atoms with Crippen molar-refractivity contribution in [3.63, 3.8) is 0 Å². The summed E-state index contributed by atoms with van der Waals surface area (Å²) in [5, 5.41) is 12.6. The van der Waals surface area contributed by atoms with Crippen LogP contribution in [-0.2, 0) is 21.5 Å². The lowest BCUT2D eigenvalue weighted by Crippen LogP contribution is -2.38. The van der Waals surface area contributed by atoms with Gasteiger partial charge in [0.2, 0.25) is 11.9 Å². The summed E-state index contributed by atoms with van der Waals surface area (Å²) < 4.78 is 7.49. The molecule has 2 aliphatic rings. The summed E-state index contributed by atoms with van der Waals surface area (Å²) in [7, 11) is 0. The molecule has 0 unspecified atom stereocenters. The minimum Gasteiger partial charge on any atom is -0.378 e. The zero-order valence-corrected chi connectivity index (χ0v) is 17.1. The fraction of sp³-hybridized carbons (Fsp3) is 0.550. The van der Waals surface area contributed by atoms with Crippen LogP contribution in [0.25, 0.3) is 0 Å². The van der Waals surface area contributed by atoms with Crippen molar-refractivity contribution in [2.45, 2.75) is 36.9 Å². The molecule has 2 heterocycles. The molecule has 1 N–H and O–H groups in total. The molecule has 150 valence electrons. The molecule has 1 saturated carbocycles. The number of nitrogens with one attached hydrogen (secondary N) is 1. The van der Waals surface area contributed by atoms with E-state index >= 15 is 0 Å².